The van der Waals surface area contributed by atoms with E-state index in [9.17, 15) is 13.2 Å². The number of aryl methyl sites for hydroxylation is 1. The molecule has 170 valence electrons. The summed E-state index contributed by atoms with van der Waals surface area (Å²) < 4.78 is 41.7. The van der Waals surface area contributed by atoms with Crippen molar-refractivity contribution in [2.24, 2.45) is 0 Å². The zero-order valence-electron chi connectivity index (χ0n) is 18.5. The number of aromatic nitrogens is 1. The third kappa shape index (κ3) is 5.28. The number of carbonyl (C=O) groups excluding carboxylic acids is 1. The van der Waals surface area contributed by atoms with Crippen LogP contribution in [0.1, 0.15) is 23.2 Å². The molecule has 1 amide bonds. The zero-order chi connectivity index (χ0) is 23.3. The Kier molecular flexibility index (Phi) is 7.19. The average molecular weight is 459 g/mol. The summed E-state index contributed by atoms with van der Waals surface area (Å²) in [5, 5.41) is 6.66. The Morgan fingerprint density at radius 1 is 1.06 bits per heavy atom. The second-order valence-electron chi connectivity index (χ2n) is 7.28. The molecular weight excluding hydrogens is 432 g/mol. The fraction of sp³-hybridized carbons (Fsp3) is 0.304. The first-order valence-electron chi connectivity index (χ1n) is 9.99. The van der Waals surface area contributed by atoms with E-state index < -0.39 is 9.84 Å². The monoisotopic (exact) mass is 458 g/mol. The van der Waals surface area contributed by atoms with Gasteiger partial charge in [0, 0.05) is 24.1 Å². The number of sulfone groups is 1. The maximum Gasteiger partial charge on any atom is 0.221 e. The maximum absolute atomic E-state index is 13.0. The van der Waals surface area contributed by atoms with Crippen molar-refractivity contribution in [2.75, 3.05) is 20.0 Å². The predicted octanol–water partition coefficient (Wildman–Crippen LogP) is 3.46. The van der Waals surface area contributed by atoms with Crippen LogP contribution in [0.25, 0.3) is 11.3 Å². The Balaban J connectivity index is 1.70. The van der Waals surface area contributed by atoms with E-state index in [1.54, 1.807) is 31.4 Å². The average Bonchev–Trinajstić information content (AvgIpc) is 3.14. The van der Waals surface area contributed by atoms with Gasteiger partial charge in [0.25, 0.3) is 0 Å². The number of carbonyl (C=O) groups is 1. The fourth-order valence-corrected chi connectivity index (χ4v) is 4.55. The highest BCUT2D eigenvalue weighted by Gasteiger charge is 2.23. The van der Waals surface area contributed by atoms with E-state index in [0.717, 1.165) is 22.6 Å². The van der Waals surface area contributed by atoms with Gasteiger partial charge in [0.15, 0.2) is 15.6 Å². The molecule has 0 unspecified atom stereocenters. The number of ether oxygens (including phenoxy) is 2. The van der Waals surface area contributed by atoms with Gasteiger partial charge in [-0.25, -0.2) is 8.42 Å². The van der Waals surface area contributed by atoms with Gasteiger partial charge in [-0.1, -0.05) is 17.3 Å². The SMILES string of the molecule is COc1ccc(CNC(=O)CCS(=O)(=O)c2cc(-c3onc(C)c3C)ccc2OC)cc1. The van der Waals surface area contributed by atoms with Gasteiger partial charge in [-0.15, -0.1) is 0 Å². The largest absolute Gasteiger partial charge is 0.497 e. The van der Waals surface area contributed by atoms with E-state index >= 15 is 0 Å². The highest BCUT2D eigenvalue weighted by atomic mass is 32.2. The molecule has 0 bridgehead atoms. The molecule has 0 atom stereocenters. The fourth-order valence-electron chi connectivity index (χ4n) is 3.11. The summed E-state index contributed by atoms with van der Waals surface area (Å²) in [4.78, 5) is 12.3. The van der Waals surface area contributed by atoms with Crippen molar-refractivity contribution in [3.05, 3.63) is 59.3 Å². The minimum atomic E-state index is -3.79. The zero-order valence-corrected chi connectivity index (χ0v) is 19.3. The summed E-state index contributed by atoms with van der Waals surface area (Å²) in [5.74, 6) is 0.717. The van der Waals surface area contributed by atoms with E-state index in [-0.39, 0.29) is 28.7 Å². The molecule has 3 aromatic rings. The second kappa shape index (κ2) is 9.86. The normalized spacial score (nSPS) is 11.2. The molecule has 1 aromatic heterocycles. The molecule has 0 aliphatic rings. The van der Waals surface area contributed by atoms with Crippen LogP contribution >= 0.6 is 0 Å². The van der Waals surface area contributed by atoms with Crippen LogP contribution in [0.15, 0.2) is 51.9 Å². The van der Waals surface area contributed by atoms with Gasteiger partial charge in [0.05, 0.1) is 25.7 Å². The smallest absolute Gasteiger partial charge is 0.221 e. The van der Waals surface area contributed by atoms with Crippen LogP contribution < -0.4 is 14.8 Å². The lowest BCUT2D eigenvalue weighted by Gasteiger charge is -2.11. The van der Waals surface area contributed by atoms with Gasteiger partial charge in [-0.05, 0) is 49.7 Å². The number of nitrogens with one attached hydrogen (secondary N) is 1. The number of hydrogen-bond donors (Lipinski definition) is 1. The second-order valence-corrected chi connectivity index (χ2v) is 9.36. The summed E-state index contributed by atoms with van der Waals surface area (Å²) >= 11 is 0. The molecule has 1 heterocycles. The molecule has 8 nitrogen and oxygen atoms in total. The predicted molar refractivity (Wildman–Crippen MR) is 119 cm³/mol. The van der Waals surface area contributed by atoms with Crippen LogP contribution in [0.2, 0.25) is 0 Å². The molecule has 0 fully saturated rings. The van der Waals surface area contributed by atoms with E-state index in [0.29, 0.717) is 17.9 Å². The van der Waals surface area contributed by atoms with Crippen LogP contribution in [0.4, 0.5) is 0 Å². The molecule has 0 aliphatic carbocycles. The van der Waals surface area contributed by atoms with E-state index in [1.165, 1.54) is 13.2 Å². The third-order valence-electron chi connectivity index (χ3n) is 5.16. The Bertz CT molecular complexity index is 1200. The molecule has 3 rings (SSSR count). The van der Waals surface area contributed by atoms with Crippen LogP contribution in [-0.2, 0) is 21.2 Å². The van der Waals surface area contributed by atoms with Crippen molar-refractivity contribution < 1.29 is 27.2 Å². The molecule has 0 saturated carbocycles. The van der Waals surface area contributed by atoms with Crippen molar-refractivity contribution >= 4 is 15.7 Å². The lowest BCUT2D eigenvalue weighted by molar-refractivity contribution is -0.120. The van der Waals surface area contributed by atoms with Gasteiger partial charge in [-0.2, -0.15) is 0 Å². The molecule has 0 aliphatic heterocycles. The molecular formula is C23H26N2O6S. The standard InChI is InChI=1S/C23H26N2O6S/c1-15-16(2)25-31-23(15)18-7-10-20(30-4)21(13-18)32(27,28)12-11-22(26)24-14-17-5-8-19(29-3)9-6-17/h5-10,13H,11-12,14H2,1-4H3,(H,24,26). The Morgan fingerprint density at radius 3 is 2.38 bits per heavy atom. The van der Waals surface area contributed by atoms with Crippen molar-refractivity contribution in [1.29, 1.82) is 0 Å². The van der Waals surface area contributed by atoms with Gasteiger partial charge in [0.1, 0.15) is 16.4 Å². The first-order chi connectivity index (χ1) is 15.2. The number of amides is 1. The first kappa shape index (κ1) is 23.3. The minimum Gasteiger partial charge on any atom is -0.497 e. The quantitative estimate of drug-likeness (QED) is 0.523. The summed E-state index contributed by atoms with van der Waals surface area (Å²) in [6.07, 6.45) is -0.174. The topological polar surface area (TPSA) is 108 Å². The van der Waals surface area contributed by atoms with E-state index in [1.807, 2.05) is 26.0 Å². The number of nitrogens with zero attached hydrogens (tertiary/aromatic N) is 1. The van der Waals surface area contributed by atoms with Crippen LogP contribution in [0, 0.1) is 13.8 Å². The van der Waals surface area contributed by atoms with Crippen LogP contribution in [-0.4, -0.2) is 39.5 Å². The first-order valence-corrected chi connectivity index (χ1v) is 11.6. The Morgan fingerprint density at radius 2 is 1.78 bits per heavy atom. The summed E-state index contributed by atoms with van der Waals surface area (Å²) in [7, 11) is -0.810. The van der Waals surface area contributed by atoms with Gasteiger partial charge in [-0.3, -0.25) is 4.79 Å². The number of methoxy groups -OCH3 is 2. The van der Waals surface area contributed by atoms with Crippen molar-refractivity contribution in [3.8, 4) is 22.8 Å². The van der Waals surface area contributed by atoms with Crippen LogP contribution in [0.3, 0.4) is 0 Å². The molecule has 2 aromatic carbocycles. The van der Waals surface area contributed by atoms with Crippen molar-refractivity contribution in [1.82, 2.24) is 10.5 Å². The maximum atomic E-state index is 13.0. The molecule has 9 heteroatoms. The summed E-state index contributed by atoms with van der Waals surface area (Å²) in [6, 6.07) is 12.0. The molecule has 32 heavy (non-hydrogen) atoms. The number of rotatable bonds is 9. The molecule has 1 N–H and O–H groups in total. The van der Waals surface area contributed by atoms with Crippen molar-refractivity contribution in [3.63, 3.8) is 0 Å². The van der Waals surface area contributed by atoms with E-state index in [2.05, 4.69) is 10.5 Å². The molecule has 0 spiro atoms. The van der Waals surface area contributed by atoms with Crippen molar-refractivity contribution in [2.45, 2.75) is 31.7 Å². The summed E-state index contributed by atoms with van der Waals surface area (Å²) in [5.41, 5.74) is 3.02. The van der Waals surface area contributed by atoms with Gasteiger partial charge >= 0.3 is 0 Å². The highest BCUT2D eigenvalue weighted by molar-refractivity contribution is 7.91. The molecule has 0 radical (unpaired) electrons. The Hall–Kier alpha value is -3.33. The lowest BCUT2D eigenvalue weighted by Crippen LogP contribution is -2.25. The summed E-state index contributed by atoms with van der Waals surface area (Å²) in [6.45, 7) is 3.96. The Labute approximate surface area is 187 Å². The van der Waals surface area contributed by atoms with Crippen LogP contribution in [0.5, 0.6) is 11.5 Å². The third-order valence-corrected chi connectivity index (χ3v) is 6.90. The lowest BCUT2D eigenvalue weighted by atomic mass is 10.1. The highest BCUT2D eigenvalue weighted by Crippen LogP contribution is 2.33. The number of benzene rings is 2. The van der Waals surface area contributed by atoms with Gasteiger partial charge in [0.2, 0.25) is 5.91 Å². The van der Waals surface area contributed by atoms with E-state index in [4.69, 9.17) is 14.0 Å². The number of hydrogen-bond acceptors (Lipinski definition) is 7. The van der Waals surface area contributed by atoms with Gasteiger partial charge < -0.3 is 19.3 Å². The minimum absolute atomic E-state index is 0.00825. The molecule has 0 saturated heterocycles.